The number of nitro benzene ring substituents is 1. The summed E-state index contributed by atoms with van der Waals surface area (Å²) >= 11 is 0. The molecule has 1 fully saturated rings. The summed E-state index contributed by atoms with van der Waals surface area (Å²) in [6.07, 6.45) is 0.862. The number of benzene rings is 1. The maximum absolute atomic E-state index is 12.4. The van der Waals surface area contributed by atoms with Gasteiger partial charge in [-0.15, -0.1) is 0 Å². The zero-order valence-corrected chi connectivity index (χ0v) is 11.7. The van der Waals surface area contributed by atoms with Crippen molar-refractivity contribution < 1.29 is 9.72 Å². The quantitative estimate of drug-likeness (QED) is 0.658. The average molecular weight is 277 g/mol. The Hall–Kier alpha value is -1.95. The Balaban J connectivity index is 2.23. The highest BCUT2D eigenvalue weighted by Crippen LogP contribution is 2.21. The molecule has 1 aromatic rings. The molecule has 2 atom stereocenters. The summed E-state index contributed by atoms with van der Waals surface area (Å²) < 4.78 is 0. The highest BCUT2D eigenvalue weighted by atomic mass is 16.6. The predicted octanol–water partition coefficient (Wildman–Crippen LogP) is 1.71. The number of rotatable bonds is 2. The molecule has 6 nitrogen and oxygen atoms in total. The summed E-state index contributed by atoms with van der Waals surface area (Å²) in [5.74, 6) is 0.213. The molecule has 1 aliphatic heterocycles. The molecule has 0 aliphatic carbocycles. The molecule has 6 heteroatoms. The number of nitrogens with two attached hydrogens (primary N) is 1. The number of nitrogens with zero attached hydrogens (tertiary/aromatic N) is 2. The molecular weight excluding hydrogens is 258 g/mol. The number of nitro groups is 1. The second-order valence-corrected chi connectivity index (χ2v) is 5.50. The summed E-state index contributed by atoms with van der Waals surface area (Å²) in [6, 6.07) is 4.44. The van der Waals surface area contributed by atoms with E-state index in [4.69, 9.17) is 5.73 Å². The van der Waals surface area contributed by atoms with Crippen molar-refractivity contribution in [1.29, 1.82) is 0 Å². The van der Waals surface area contributed by atoms with Crippen molar-refractivity contribution >= 4 is 11.6 Å². The second kappa shape index (κ2) is 5.58. The van der Waals surface area contributed by atoms with E-state index in [1.807, 2.05) is 0 Å². The lowest BCUT2D eigenvalue weighted by Crippen LogP contribution is -2.49. The van der Waals surface area contributed by atoms with Crippen LogP contribution in [-0.2, 0) is 0 Å². The summed E-state index contributed by atoms with van der Waals surface area (Å²) in [7, 11) is 0. The molecule has 20 heavy (non-hydrogen) atoms. The van der Waals surface area contributed by atoms with E-state index in [2.05, 4.69) is 6.92 Å². The molecule has 108 valence electrons. The van der Waals surface area contributed by atoms with E-state index in [-0.39, 0.29) is 17.6 Å². The highest BCUT2D eigenvalue weighted by molar-refractivity contribution is 5.95. The van der Waals surface area contributed by atoms with Crippen LogP contribution in [0, 0.1) is 23.0 Å². The van der Waals surface area contributed by atoms with Gasteiger partial charge in [0, 0.05) is 36.8 Å². The molecule has 0 aromatic heterocycles. The van der Waals surface area contributed by atoms with E-state index in [9.17, 15) is 14.9 Å². The highest BCUT2D eigenvalue weighted by Gasteiger charge is 2.27. The maximum atomic E-state index is 12.4. The SMILES string of the molecule is Cc1cc(C(=O)N2CCC(C)C(N)C2)cc([N+](=O)[O-])c1. The molecule has 0 bridgehead atoms. The van der Waals surface area contributed by atoms with Gasteiger partial charge in [0.15, 0.2) is 0 Å². The minimum Gasteiger partial charge on any atom is -0.337 e. The van der Waals surface area contributed by atoms with E-state index in [1.54, 1.807) is 17.9 Å². The molecule has 1 amide bonds. The van der Waals surface area contributed by atoms with Crippen LogP contribution in [-0.4, -0.2) is 34.9 Å². The van der Waals surface area contributed by atoms with Crippen molar-refractivity contribution in [3.05, 3.63) is 39.4 Å². The van der Waals surface area contributed by atoms with E-state index in [0.717, 1.165) is 6.42 Å². The zero-order valence-electron chi connectivity index (χ0n) is 11.7. The fraction of sp³-hybridized carbons (Fsp3) is 0.500. The number of carbonyl (C=O) groups excluding carboxylic acids is 1. The van der Waals surface area contributed by atoms with Crippen molar-refractivity contribution in [2.24, 2.45) is 11.7 Å². The molecule has 1 aliphatic rings. The smallest absolute Gasteiger partial charge is 0.270 e. The van der Waals surface area contributed by atoms with Gasteiger partial charge in [0.05, 0.1) is 4.92 Å². The van der Waals surface area contributed by atoms with Gasteiger partial charge in [-0.3, -0.25) is 14.9 Å². The second-order valence-electron chi connectivity index (χ2n) is 5.50. The first-order chi connectivity index (χ1) is 9.38. The number of aryl methyl sites for hydroxylation is 1. The third kappa shape index (κ3) is 2.96. The lowest BCUT2D eigenvalue weighted by Gasteiger charge is -2.35. The van der Waals surface area contributed by atoms with Crippen molar-refractivity contribution in [1.82, 2.24) is 4.90 Å². The average Bonchev–Trinajstić information content (AvgIpc) is 2.40. The Bertz CT molecular complexity index is 544. The lowest BCUT2D eigenvalue weighted by molar-refractivity contribution is -0.384. The molecule has 0 saturated carbocycles. The number of non-ortho nitro benzene ring substituents is 1. The van der Waals surface area contributed by atoms with Gasteiger partial charge in [-0.25, -0.2) is 0 Å². The van der Waals surface area contributed by atoms with Crippen LogP contribution in [0.15, 0.2) is 18.2 Å². The minimum absolute atomic E-state index is 0.0347. The standard InChI is InChI=1S/C14H19N3O3/c1-9-5-11(7-12(6-9)17(19)20)14(18)16-4-3-10(2)13(15)8-16/h5-7,10,13H,3-4,8,15H2,1-2H3. The molecule has 1 saturated heterocycles. The summed E-state index contributed by atoms with van der Waals surface area (Å²) in [5.41, 5.74) is 7.00. The van der Waals surface area contributed by atoms with Crippen LogP contribution in [0.4, 0.5) is 5.69 Å². The van der Waals surface area contributed by atoms with Gasteiger partial charge in [0.2, 0.25) is 0 Å². The van der Waals surface area contributed by atoms with Crippen LogP contribution in [0.1, 0.15) is 29.3 Å². The van der Waals surface area contributed by atoms with Crippen LogP contribution in [0.25, 0.3) is 0 Å². The van der Waals surface area contributed by atoms with Gasteiger partial charge in [-0.2, -0.15) is 0 Å². The van der Waals surface area contributed by atoms with Gasteiger partial charge in [0.1, 0.15) is 0 Å². The Morgan fingerprint density at radius 3 is 2.75 bits per heavy atom. The zero-order chi connectivity index (χ0) is 14.9. The Morgan fingerprint density at radius 1 is 1.45 bits per heavy atom. The van der Waals surface area contributed by atoms with Crippen LogP contribution in [0.3, 0.4) is 0 Å². The largest absolute Gasteiger partial charge is 0.337 e. The van der Waals surface area contributed by atoms with Gasteiger partial charge in [-0.1, -0.05) is 6.92 Å². The van der Waals surface area contributed by atoms with E-state index in [0.29, 0.717) is 30.1 Å². The van der Waals surface area contributed by atoms with Crippen LogP contribution in [0.5, 0.6) is 0 Å². The Kier molecular flexibility index (Phi) is 4.04. The topological polar surface area (TPSA) is 89.5 Å². The van der Waals surface area contributed by atoms with Crippen LogP contribution in [0.2, 0.25) is 0 Å². The van der Waals surface area contributed by atoms with E-state index < -0.39 is 4.92 Å². The summed E-state index contributed by atoms with van der Waals surface area (Å²) in [6.45, 7) is 4.97. The first kappa shape index (κ1) is 14.5. The fourth-order valence-electron chi connectivity index (χ4n) is 2.46. The van der Waals surface area contributed by atoms with E-state index in [1.165, 1.54) is 12.1 Å². The lowest BCUT2D eigenvalue weighted by atomic mass is 9.94. The number of piperidine rings is 1. The van der Waals surface area contributed by atoms with Gasteiger partial charge < -0.3 is 10.6 Å². The van der Waals surface area contributed by atoms with Crippen LogP contribution >= 0.6 is 0 Å². The molecule has 1 aromatic carbocycles. The number of hydrogen-bond acceptors (Lipinski definition) is 4. The third-order valence-electron chi connectivity index (χ3n) is 3.82. The number of amides is 1. The van der Waals surface area contributed by atoms with Crippen molar-refractivity contribution in [2.45, 2.75) is 26.3 Å². The Morgan fingerprint density at radius 2 is 2.15 bits per heavy atom. The first-order valence-electron chi connectivity index (χ1n) is 6.69. The van der Waals surface area contributed by atoms with Crippen molar-refractivity contribution in [2.75, 3.05) is 13.1 Å². The Labute approximate surface area is 117 Å². The van der Waals surface area contributed by atoms with Gasteiger partial charge in [-0.05, 0) is 30.9 Å². The summed E-state index contributed by atoms with van der Waals surface area (Å²) in [5, 5.41) is 10.9. The molecule has 1 heterocycles. The number of hydrogen-bond donors (Lipinski definition) is 1. The summed E-state index contributed by atoms with van der Waals surface area (Å²) in [4.78, 5) is 24.5. The molecule has 0 radical (unpaired) electrons. The predicted molar refractivity (Wildman–Crippen MR) is 75.5 cm³/mol. The third-order valence-corrected chi connectivity index (χ3v) is 3.82. The van der Waals surface area contributed by atoms with Gasteiger partial charge >= 0.3 is 0 Å². The minimum atomic E-state index is -0.478. The normalized spacial score (nSPS) is 22.6. The van der Waals surface area contributed by atoms with E-state index >= 15 is 0 Å². The fourth-order valence-corrected chi connectivity index (χ4v) is 2.46. The van der Waals surface area contributed by atoms with Crippen molar-refractivity contribution in [3.63, 3.8) is 0 Å². The molecular formula is C14H19N3O3. The number of carbonyl (C=O) groups is 1. The molecule has 2 rings (SSSR count). The maximum Gasteiger partial charge on any atom is 0.270 e. The molecule has 0 spiro atoms. The monoisotopic (exact) mass is 277 g/mol. The first-order valence-corrected chi connectivity index (χ1v) is 6.69. The number of likely N-dealkylation sites (tertiary alicyclic amines) is 1. The molecule has 2 unspecified atom stereocenters. The van der Waals surface area contributed by atoms with Gasteiger partial charge in [0.25, 0.3) is 11.6 Å². The van der Waals surface area contributed by atoms with Crippen LogP contribution < -0.4 is 5.73 Å². The van der Waals surface area contributed by atoms with Crippen molar-refractivity contribution in [3.8, 4) is 0 Å². The molecule has 2 N–H and O–H groups in total.